The number of alkyl halides is 3. The Morgan fingerprint density at radius 3 is 2.23 bits per heavy atom. The molecule has 0 unspecified atom stereocenters. The van der Waals surface area contributed by atoms with Crippen molar-refractivity contribution in [3.05, 3.63) is 53.5 Å². The van der Waals surface area contributed by atoms with E-state index in [0.717, 1.165) is 16.4 Å². The Balaban J connectivity index is 2.45. The molecule has 2 aromatic rings. The first kappa shape index (κ1) is 20.5. The van der Waals surface area contributed by atoms with E-state index >= 15 is 0 Å². The van der Waals surface area contributed by atoms with Crippen molar-refractivity contribution in [1.82, 2.24) is 9.21 Å². The van der Waals surface area contributed by atoms with E-state index in [4.69, 9.17) is 4.42 Å². The number of nitrogens with zero attached hydrogens (tertiary/aromatic N) is 2. The van der Waals surface area contributed by atoms with Crippen LogP contribution in [0.5, 0.6) is 0 Å². The number of hydrogen-bond acceptors (Lipinski definition) is 4. The zero-order chi connectivity index (χ0) is 19.5. The lowest BCUT2D eigenvalue weighted by atomic mass is 10.2. The Hall–Kier alpha value is -1.84. The number of rotatable bonds is 7. The third kappa shape index (κ3) is 4.87. The molecular formula is C17H21F3N2O3S. The molecular weight excluding hydrogens is 369 g/mol. The Morgan fingerprint density at radius 1 is 1.04 bits per heavy atom. The zero-order valence-electron chi connectivity index (χ0n) is 14.7. The second kappa shape index (κ2) is 7.81. The van der Waals surface area contributed by atoms with Gasteiger partial charge >= 0.3 is 6.18 Å². The van der Waals surface area contributed by atoms with Crippen molar-refractivity contribution in [2.24, 2.45) is 0 Å². The van der Waals surface area contributed by atoms with Gasteiger partial charge in [0.05, 0.1) is 17.0 Å². The van der Waals surface area contributed by atoms with Gasteiger partial charge in [-0.3, -0.25) is 0 Å². The highest BCUT2D eigenvalue weighted by Crippen LogP contribution is 2.35. The normalized spacial score (nSPS) is 12.9. The molecule has 2 rings (SSSR count). The van der Waals surface area contributed by atoms with Crippen LogP contribution in [0.3, 0.4) is 0 Å². The largest absolute Gasteiger partial charge is 0.465 e. The molecule has 9 heteroatoms. The molecule has 0 saturated heterocycles. The smallest absolute Gasteiger partial charge is 0.417 e. The summed E-state index contributed by atoms with van der Waals surface area (Å²) in [5.41, 5.74) is -1.18. The summed E-state index contributed by atoms with van der Waals surface area (Å²) < 4.78 is 72.2. The molecule has 0 bridgehead atoms. The average molecular weight is 390 g/mol. The van der Waals surface area contributed by atoms with E-state index in [1.54, 1.807) is 38.1 Å². The zero-order valence-corrected chi connectivity index (χ0v) is 15.6. The fraction of sp³-hybridized carbons (Fsp3) is 0.412. The maximum absolute atomic E-state index is 13.3. The molecule has 1 aromatic heterocycles. The molecule has 0 atom stereocenters. The molecule has 0 aliphatic rings. The summed E-state index contributed by atoms with van der Waals surface area (Å²) in [6.07, 6.45) is -4.77. The van der Waals surface area contributed by atoms with Crippen LogP contribution in [0.4, 0.5) is 13.2 Å². The topological polar surface area (TPSA) is 53.8 Å². The van der Waals surface area contributed by atoms with Gasteiger partial charge in [-0.05, 0) is 45.3 Å². The first-order chi connectivity index (χ1) is 12.0. The van der Waals surface area contributed by atoms with E-state index in [1.807, 2.05) is 0 Å². The maximum Gasteiger partial charge on any atom is 0.417 e. The molecule has 1 aromatic carbocycles. The number of sulfonamides is 1. The van der Waals surface area contributed by atoms with Crippen molar-refractivity contribution < 1.29 is 26.0 Å². The highest BCUT2D eigenvalue weighted by molar-refractivity contribution is 7.89. The van der Waals surface area contributed by atoms with Crippen LogP contribution < -0.4 is 0 Å². The predicted molar refractivity (Wildman–Crippen MR) is 91.0 cm³/mol. The van der Waals surface area contributed by atoms with Gasteiger partial charge in [-0.2, -0.15) is 17.5 Å². The molecule has 0 aliphatic carbocycles. The van der Waals surface area contributed by atoms with E-state index in [9.17, 15) is 21.6 Å². The van der Waals surface area contributed by atoms with Crippen molar-refractivity contribution >= 4 is 10.0 Å². The molecule has 0 saturated carbocycles. The molecule has 0 N–H and O–H groups in total. The van der Waals surface area contributed by atoms with Crippen molar-refractivity contribution in [3.63, 3.8) is 0 Å². The van der Waals surface area contributed by atoms with Crippen LogP contribution >= 0.6 is 0 Å². The van der Waals surface area contributed by atoms with Gasteiger partial charge in [0.25, 0.3) is 0 Å². The summed E-state index contributed by atoms with van der Waals surface area (Å²) in [7, 11) is -0.862. The van der Waals surface area contributed by atoms with E-state index in [2.05, 4.69) is 0 Å². The number of halogens is 3. The highest BCUT2D eigenvalue weighted by Gasteiger charge is 2.39. The van der Waals surface area contributed by atoms with Crippen LogP contribution in [-0.2, 0) is 22.7 Å². The van der Waals surface area contributed by atoms with Gasteiger partial charge in [-0.1, -0.05) is 12.1 Å². The fourth-order valence-electron chi connectivity index (χ4n) is 2.40. The number of aryl methyl sites for hydroxylation is 1. The molecule has 0 spiro atoms. The quantitative estimate of drug-likeness (QED) is 0.728. The number of benzene rings is 1. The lowest BCUT2D eigenvalue weighted by Gasteiger charge is -2.24. The summed E-state index contributed by atoms with van der Waals surface area (Å²) in [5.74, 6) is 0.968. The lowest BCUT2D eigenvalue weighted by Crippen LogP contribution is -2.37. The summed E-state index contributed by atoms with van der Waals surface area (Å²) in [6.45, 7) is 1.95. The predicted octanol–water partition coefficient (Wildman–Crippen LogP) is 3.36. The number of hydrogen-bond donors (Lipinski definition) is 0. The van der Waals surface area contributed by atoms with Gasteiger partial charge in [0, 0.05) is 13.1 Å². The Bertz CT molecular complexity index is 845. The minimum atomic E-state index is -4.77. The summed E-state index contributed by atoms with van der Waals surface area (Å²) in [4.78, 5) is 1.00. The molecule has 0 aliphatic heterocycles. The molecule has 0 radical (unpaired) electrons. The Kier molecular flexibility index (Phi) is 6.15. The first-order valence-electron chi connectivity index (χ1n) is 7.88. The second-order valence-electron chi connectivity index (χ2n) is 6.15. The molecule has 26 heavy (non-hydrogen) atoms. The Labute approximate surface area is 151 Å². The first-order valence-corrected chi connectivity index (χ1v) is 9.32. The lowest BCUT2D eigenvalue weighted by molar-refractivity contribution is -0.139. The van der Waals surface area contributed by atoms with E-state index < -0.39 is 26.7 Å². The minimum absolute atomic E-state index is 0.0290. The van der Waals surface area contributed by atoms with Gasteiger partial charge < -0.3 is 9.32 Å². The van der Waals surface area contributed by atoms with Crippen LogP contribution in [0.25, 0.3) is 0 Å². The van der Waals surface area contributed by atoms with Crippen molar-refractivity contribution in [3.8, 4) is 0 Å². The monoisotopic (exact) mass is 390 g/mol. The summed E-state index contributed by atoms with van der Waals surface area (Å²) in [5, 5.41) is 0. The van der Waals surface area contributed by atoms with E-state index in [-0.39, 0.29) is 13.1 Å². The molecule has 1 heterocycles. The number of furan rings is 1. The van der Waals surface area contributed by atoms with Gasteiger partial charge in [0.1, 0.15) is 11.5 Å². The molecule has 144 valence electrons. The van der Waals surface area contributed by atoms with Crippen molar-refractivity contribution in [1.29, 1.82) is 0 Å². The number of likely N-dealkylation sites (N-methyl/N-ethyl adjacent to an activating group) is 1. The van der Waals surface area contributed by atoms with Crippen LogP contribution in [0.1, 0.15) is 17.1 Å². The van der Waals surface area contributed by atoms with Crippen LogP contribution in [0.15, 0.2) is 45.7 Å². The van der Waals surface area contributed by atoms with E-state index in [0.29, 0.717) is 18.1 Å². The third-order valence-corrected chi connectivity index (χ3v) is 5.64. The molecule has 0 fully saturated rings. The summed E-state index contributed by atoms with van der Waals surface area (Å²) >= 11 is 0. The minimum Gasteiger partial charge on any atom is -0.465 e. The third-order valence-electron chi connectivity index (χ3n) is 3.74. The SMILES string of the molecule is Cc1ccc(CN(CCN(C)C)S(=O)(=O)c2ccccc2C(F)(F)F)o1. The molecule has 0 amide bonds. The van der Waals surface area contributed by atoms with Crippen molar-refractivity contribution in [2.75, 3.05) is 27.2 Å². The van der Waals surface area contributed by atoms with Gasteiger partial charge in [0.2, 0.25) is 10.0 Å². The van der Waals surface area contributed by atoms with Gasteiger partial charge in [0.15, 0.2) is 0 Å². The van der Waals surface area contributed by atoms with Gasteiger partial charge in [-0.15, -0.1) is 0 Å². The van der Waals surface area contributed by atoms with Gasteiger partial charge in [-0.25, -0.2) is 8.42 Å². The fourth-order valence-corrected chi connectivity index (χ4v) is 4.01. The standard InChI is InChI=1S/C17H21F3N2O3S/c1-13-8-9-14(25-13)12-22(11-10-21(2)3)26(23,24)16-7-5-4-6-15(16)17(18,19)20/h4-9H,10-12H2,1-3H3. The molecule has 5 nitrogen and oxygen atoms in total. The van der Waals surface area contributed by atoms with Crippen LogP contribution in [-0.4, -0.2) is 44.8 Å². The van der Waals surface area contributed by atoms with Crippen molar-refractivity contribution in [2.45, 2.75) is 24.5 Å². The van der Waals surface area contributed by atoms with E-state index in [1.165, 1.54) is 12.1 Å². The maximum atomic E-state index is 13.3. The Morgan fingerprint density at radius 2 is 1.69 bits per heavy atom. The van der Waals surface area contributed by atoms with Crippen LogP contribution in [0.2, 0.25) is 0 Å². The second-order valence-corrected chi connectivity index (χ2v) is 8.05. The van der Waals surface area contributed by atoms with Crippen LogP contribution in [0, 0.1) is 6.92 Å². The summed E-state index contributed by atoms with van der Waals surface area (Å²) in [6, 6.07) is 7.49. The average Bonchev–Trinajstić information content (AvgIpc) is 2.95. The highest BCUT2D eigenvalue weighted by atomic mass is 32.2.